The molecule has 7 nitrogen and oxygen atoms in total. The van der Waals surface area contributed by atoms with E-state index in [2.05, 4.69) is 10.4 Å². The molecule has 2 aromatic carbocycles. The van der Waals surface area contributed by atoms with Crippen LogP contribution in [0.15, 0.2) is 79.3 Å². The van der Waals surface area contributed by atoms with E-state index >= 15 is 0 Å². The minimum absolute atomic E-state index is 0.0843. The molecule has 8 heteroatoms. The Morgan fingerprint density at radius 3 is 2.46 bits per heavy atom. The van der Waals surface area contributed by atoms with Gasteiger partial charge in [0, 0.05) is 31.2 Å². The maximum Gasteiger partial charge on any atom is 0.259 e. The first-order chi connectivity index (χ1) is 17.0. The van der Waals surface area contributed by atoms with Crippen molar-refractivity contribution < 1.29 is 14.0 Å². The number of hydrogen-bond acceptors (Lipinski definition) is 3. The molecule has 0 radical (unpaired) electrons. The molecule has 1 fully saturated rings. The molecule has 5 rings (SSSR count). The van der Waals surface area contributed by atoms with Gasteiger partial charge in [-0.1, -0.05) is 17.7 Å². The number of hydrogen-bond donors (Lipinski definition) is 1. The van der Waals surface area contributed by atoms with Crippen molar-refractivity contribution in [3.63, 3.8) is 0 Å². The Morgan fingerprint density at radius 1 is 1.03 bits per heavy atom. The van der Waals surface area contributed by atoms with Gasteiger partial charge in [-0.05, 0) is 68.3 Å². The molecule has 2 amide bonds. The summed E-state index contributed by atoms with van der Waals surface area (Å²) in [4.78, 5) is 28.3. The van der Waals surface area contributed by atoms with Crippen molar-refractivity contribution >= 4 is 17.5 Å². The van der Waals surface area contributed by atoms with Crippen LogP contribution in [-0.2, 0) is 4.79 Å². The molecule has 1 unspecified atom stereocenters. The van der Waals surface area contributed by atoms with Crippen LogP contribution >= 0.6 is 0 Å². The van der Waals surface area contributed by atoms with E-state index in [0.717, 1.165) is 24.1 Å². The average molecular weight is 472 g/mol. The Labute approximate surface area is 202 Å². The number of halogens is 1. The lowest BCUT2D eigenvalue weighted by atomic mass is 9.96. The molecule has 1 N–H and O–H groups in total. The number of likely N-dealkylation sites (tertiary alicyclic amines) is 1. The van der Waals surface area contributed by atoms with E-state index in [1.165, 1.54) is 18.3 Å². The minimum Gasteiger partial charge on any atom is -0.338 e. The van der Waals surface area contributed by atoms with Gasteiger partial charge in [0.1, 0.15) is 11.4 Å². The number of aromatic nitrogens is 3. The van der Waals surface area contributed by atoms with Crippen LogP contribution in [0.3, 0.4) is 0 Å². The largest absolute Gasteiger partial charge is 0.338 e. The Bertz CT molecular complexity index is 1330. The summed E-state index contributed by atoms with van der Waals surface area (Å²) < 4.78 is 16.9. The molecule has 0 aliphatic carbocycles. The fourth-order valence-corrected chi connectivity index (χ4v) is 4.42. The van der Waals surface area contributed by atoms with Gasteiger partial charge in [0.15, 0.2) is 5.82 Å². The van der Waals surface area contributed by atoms with Gasteiger partial charge in [-0.3, -0.25) is 9.59 Å². The van der Waals surface area contributed by atoms with E-state index in [4.69, 9.17) is 0 Å². The quantitative estimate of drug-likeness (QED) is 0.462. The standard InChI is InChI=1S/C27H26FN5O2/c1-19-6-10-22(11-7-19)30-25(34)20-5-4-16-32(18-20)27(35)24-17-29-33(23-12-8-21(28)9-13-23)26(24)31-14-2-3-15-31/h2-3,6-15,17,20H,4-5,16,18H2,1H3,(H,30,34). The molecule has 1 aliphatic rings. The third-order valence-corrected chi connectivity index (χ3v) is 6.29. The summed E-state index contributed by atoms with van der Waals surface area (Å²) >= 11 is 0. The number of benzene rings is 2. The molecule has 1 atom stereocenters. The number of carbonyl (C=O) groups excluding carboxylic acids is 2. The SMILES string of the molecule is Cc1ccc(NC(=O)C2CCCN(C(=O)c3cnn(-c4ccc(F)cc4)c3-n3cccc3)C2)cc1. The number of piperidine rings is 1. The summed E-state index contributed by atoms with van der Waals surface area (Å²) in [7, 11) is 0. The summed E-state index contributed by atoms with van der Waals surface area (Å²) in [5, 5.41) is 7.43. The van der Waals surface area contributed by atoms with Crippen LogP contribution in [0.25, 0.3) is 11.5 Å². The third-order valence-electron chi connectivity index (χ3n) is 6.29. The molecule has 0 spiro atoms. The topological polar surface area (TPSA) is 72.2 Å². The van der Waals surface area contributed by atoms with E-state index < -0.39 is 0 Å². The van der Waals surface area contributed by atoms with Crippen molar-refractivity contribution in [2.45, 2.75) is 19.8 Å². The molecule has 3 heterocycles. The molecule has 178 valence electrons. The zero-order valence-electron chi connectivity index (χ0n) is 19.4. The zero-order chi connectivity index (χ0) is 24.4. The third kappa shape index (κ3) is 4.73. The van der Waals surface area contributed by atoms with Crippen molar-refractivity contribution in [3.8, 4) is 11.5 Å². The van der Waals surface area contributed by atoms with Gasteiger partial charge in [0.25, 0.3) is 5.91 Å². The second-order valence-electron chi connectivity index (χ2n) is 8.81. The predicted octanol–water partition coefficient (Wildman–Crippen LogP) is 4.60. The van der Waals surface area contributed by atoms with Crippen molar-refractivity contribution in [1.82, 2.24) is 19.2 Å². The summed E-state index contributed by atoms with van der Waals surface area (Å²) in [6.07, 6.45) is 6.67. The molecular weight excluding hydrogens is 445 g/mol. The van der Waals surface area contributed by atoms with Crippen molar-refractivity contribution in [3.05, 3.63) is 96.2 Å². The molecule has 2 aromatic heterocycles. The Kier molecular flexibility index (Phi) is 6.18. The monoisotopic (exact) mass is 471 g/mol. The summed E-state index contributed by atoms with van der Waals surface area (Å²) in [6, 6.07) is 17.4. The molecule has 1 aliphatic heterocycles. The van der Waals surface area contributed by atoms with Crippen LogP contribution in [0.4, 0.5) is 10.1 Å². The number of anilines is 1. The van der Waals surface area contributed by atoms with E-state index in [0.29, 0.717) is 30.2 Å². The lowest BCUT2D eigenvalue weighted by Gasteiger charge is -2.32. The van der Waals surface area contributed by atoms with Gasteiger partial charge in [-0.15, -0.1) is 0 Å². The Hall–Kier alpha value is -4.20. The van der Waals surface area contributed by atoms with Crippen LogP contribution in [0.2, 0.25) is 0 Å². The molecule has 0 saturated carbocycles. The lowest BCUT2D eigenvalue weighted by molar-refractivity contribution is -0.121. The van der Waals surface area contributed by atoms with Crippen LogP contribution in [0, 0.1) is 18.7 Å². The van der Waals surface area contributed by atoms with Crippen molar-refractivity contribution in [2.24, 2.45) is 5.92 Å². The first-order valence-corrected chi connectivity index (χ1v) is 11.6. The van der Waals surface area contributed by atoms with Crippen LogP contribution < -0.4 is 5.32 Å². The van der Waals surface area contributed by atoms with Gasteiger partial charge < -0.3 is 14.8 Å². The van der Waals surface area contributed by atoms with Crippen LogP contribution in [0.1, 0.15) is 28.8 Å². The number of nitrogens with one attached hydrogen (secondary N) is 1. The van der Waals surface area contributed by atoms with Crippen LogP contribution in [-0.4, -0.2) is 44.2 Å². The summed E-state index contributed by atoms with van der Waals surface area (Å²) in [6.45, 7) is 2.90. The van der Waals surface area contributed by atoms with E-state index in [-0.39, 0.29) is 23.5 Å². The van der Waals surface area contributed by atoms with Crippen LogP contribution in [0.5, 0.6) is 0 Å². The maximum atomic E-state index is 13.6. The summed E-state index contributed by atoms with van der Waals surface area (Å²) in [5.41, 5.74) is 2.94. The molecule has 0 bridgehead atoms. The number of carbonyl (C=O) groups is 2. The number of nitrogens with zero attached hydrogens (tertiary/aromatic N) is 4. The number of aryl methyl sites for hydroxylation is 1. The smallest absolute Gasteiger partial charge is 0.259 e. The highest BCUT2D eigenvalue weighted by molar-refractivity contribution is 5.98. The van der Waals surface area contributed by atoms with Crippen molar-refractivity contribution in [1.29, 1.82) is 0 Å². The highest BCUT2D eigenvalue weighted by atomic mass is 19.1. The Balaban J connectivity index is 1.39. The highest BCUT2D eigenvalue weighted by Gasteiger charge is 2.31. The molecule has 35 heavy (non-hydrogen) atoms. The van der Waals surface area contributed by atoms with E-state index in [9.17, 15) is 14.0 Å². The number of rotatable bonds is 5. The first kappa shape index (κ1) is 22.6. The molecule has 4 aromatic rings. The minimum atomic E-state index is -0.344. The second-order valence-corrected chi connectivity index (χ2v) is 8.81. The van der Waals surface area contributed by atoms with E-state index in [1.54, 1.807) is 21.7 Å². The molecular formula is C27H26FN5O2. The maximum absolute atomic E-state index is 13.6. The van der Waals surface area contributed by atoms with Gasteiger partial charge in [0.2, 0.25) is 5.91 Å². The Morgan fingerprint density at radius 2 is 1.74 bits per heavy atom. The predicted molar refractivity (Wildman–Crippen MR) is 131 cm³/mol. The average Bonchev–Trinajstić information content (AvgIpc) is 3.55. The van der Waals surface area contributed by atoms with Gasteiger partial charge in [-0.25, -0.2) is 9.07 Å². The first-order valence-electron chi connectivity index (χ1n) is 11.6. The number of amides is 2. The van der Waals surface area contributed by atoms with Crippen molar-refractivity contribution in [2.75, 3.05) is 18.4 Å². The summed E-state index contributed by atoms with van der Waals surface area (Å²) in [5.74, 6) is -0.342. The van der Waals surface area contributed by atoms with E-state index in [1.807, 2.05) is 60.3 Å². The normalized spacial score (nSPS) is 15.7. The fraction of sp³-hybridized carbons (Fsp3) is 0.222. The molecule has 1 saturated heterocycles. The van der Waals surface area contributed by atoms with Gasteiger partial charge in [-0.2, -0.15) is 5.10 Å². The van der Waals surface area contributed by atoms with Gasteiger partial charge >= 0.3 is 0 Å². The zero-order valence-corrected chi connectivity index (χ0v) is 19.4. The highest BCUT2D eigenvalue weighted by Crippen LogP contribution is 2.25. The lowest BCUT2D eigenvalue weighted by Crippen LogP contribution is -2.44. The fourth-order valence-electron chi connectivity index (χ4n) is 4.42. The van der Waals surface area contributed by atoms with Gasteiger partial charge in [0.05, 0.1) is 17.8 Å². The second kappa shape index (κ2) is 9.58.